The van der Waals surface area contributed by atoms with E-state index < -0.39 is 6.23 Å². The normalized spacial score (nSPS) is 20.1. The standard InChI is InChI=1S/C40H41N5O6/c1-48-35-17-31-33(42-21-29-15-25-7-3-5-9-27(25)23-44(29)39(31)46)19-37(35)50-13-11-41-12-14-51-38-20-34-32(18-36(38)49-2)40(47)45-24-28-10-6-4-8-26(28)16-30(45)22-43-34/h3-10,17-22,29-30,39,41,46H,11-16,23-24H2,1-2H3/t29-,30-,39?/m0/s1. The lowest BCUT2D eigenvalue weighted by Crippen LogP contribution is -2.44. The molecule has 3 atom stereocenters. The van der Waals surface area contributed by atoms with E-state index in [-0.39, 0.29) is 18.0 Å². The molecular weight excluding hydrogens is 646 g/mol. The van der Waals surface area contributed by atoms with Crippen molar-refractivity contribution in [1.82, 2.24) is 15.1 Å². The van der Waals surface area contributed by atoms with Crippen LogP contribution in [0.25, 0.3) is 0 Å². The zero-order chi connectivity index (χ0) is 34.9. The zero-order valence-electron chi connectivity index (χ0n) is 28.7. The molecule has 4 aromatic carbocycles. The van der Waals surface area contributed by atoms with Gasteiger partial charge in [-0.25, -0.2) is 0 Å². The fraction of sp³-hybridized carbons (Fsp3) is 0.325. The average Bonchev–Trinajstić information content (AvgIpc) is 3.38. The highest BCUT2D eigenvalue weighted by atomic mass is 16.5. The molecular formula is C40H41N5O6. The molecule has 4 aliphatic heterocycles. The number of methoxy groups -OCH3 is 2. The predicted octanol–water partition coefficient (Wildman–Crippen LogP) is 5.17. The third-order valence-electron chi connectivity index (χ3n) is 10.1. The summed E-state index contributed by atoms with van der Waals surface area (Å²) in [6.45, 7) is 3.05. The number of amides is 1. The van der Waals surface area contributed by atoms with E-state index in [9.17, 15) is 9.90 Å². The highest BCUT2D eigenvalue weighted by molar-refractivity contribution is 6.03. The minimum atomic E-state index is -0.823. The maximum absolute atomic E-state index is 13.7. The lowest BCUT2D eigenvalue weighted by molar-refractivity contribution is -0.0197. The zero-order valence-corrected chi connectivity index (χ0v) is 28.7. The molecule has 1 amide bonds. The molecule has 0 radical (unpaired) electrons. The Morgan fingerprint density at radius 2 is 1.29 bits per heavy atom. The monoisotopic (exact) mass is 687 g/mol. The van der Waals surface area contributed by atoms with Crippen molar-refractivity contribution < 1.29 is 28.8 Å². The van der Waals surface area contributed by atoms with E-state index in [0.717, 1.165) is 18.4 Å². The number of aliphatic imine (C=N–C) groups is 2. The summed E-state index contributed by atoms with van der Waals surface area (Å²) in [7, 11) is 3.17. The first-order chi connectivity index (χ1) is 25.0. The van der Waals surface area contributed by atoms with Crippen molar-refractivity contribution in [3.8, 4) is 23.0 Å². The van der Waals surface area contributed by atoms with Crippen molar-refractivity contribution >= 4 is 29.7 Å². The molecule has 0 aliphatic carbocycles. The molecule has 11 nitrogen and oxygen atoms in total. The van der Waals surface area contributed by atoms with Crippen LogP contribution in [0.4, 0.5) is 11.4 Å². The molecule has 2 N–H and O–H groups in total. The van der Waals surface area contributed by atoms with Crippen LogP contribution in [0.5, 0.6) is 23.0 Å². The molecule has 0 fully saturated rings. The Balaban J connectivity index is 0.862. The van der Waals surface area contributed by atoms with E-state index in [1.54, 1.807) is 26.4 Å². The number of rotatable bonds is 10. The molecule has 262 valence electrons. The number of aliphatic hydroxyl groups excluding tert-OH is 1. The fourth-order valence-electron chi connectivity index (χ4n) is 7.39. The van der Waals surface area contributed by atoms with E-state index in [1.165, 1.54) is 16.7 Å². The molecule has 0 bridgehead atoms. The molecule has 0 saturated carbocycles. The van der Waals surface area contributed by atoms with Crippen molar-refractivity contribution in [3.05, 3.63) is 106 Å². The second kappa shape index (κ2) is 14.2. The largest absolute Gasteiger partial charge is 0.493 e. The first-order valence-electron chi connectivity index (χ1n) is 17.4. The van der Waals surface area contributed by atoms with Gasteiger partial charge in [0.1, 0.15) is 19.4 Å². The summed E-state index contributed by atoms with van der Waals surface area (Å²) in [5.41, 5.74) is 7.35. The third kappa shape index (κ3) is 6.44. The van der Waals surface area contributed by atoms with Crippen LogP contribution >= 0.6 is 0 Å². The number of nitrogens with zero attached hydrogens (tertiary/aromatic N) is 4. The quantitative estimate of drug-likeness (QED) is 0.220. The Kier molecular flexibility index (Phi) is 9.16. The van der Waals surface area contributed by atoms with Crippen LogP contribution < -0.4 is 24.3 Å². The van der Waals surface area contributed by atoms with E-state index in [2.05, 4.69) is 40.5 Å². The molecule has 8 rings (SSSR count). The van der Waals surface area contributed by atoms with E-state index in [0.29, 0.717) is 84.9 Å². The molecule has 0 spiro atoms. The van der Waals surface area contributed by atoms with Crippen LogP contribution in [-0.2, 0) is 25.9 Å². The van der Waals surface area contributed by atoms with E-state index >= 15 is 0 Å². The Labute approximate surface area is 297 Å². The van der Waals surface area contributed by atoms with Crippen LogP contribution in [0, 0.1) is 0 Å². The Morgan fingerprint density at radius 3 is 1.98 bits per heavy atom. The SMILES string of the molecule is COc1cc2c(cc1OCCNCCOc1cc3c(cc1OC)C(O)N1Cc4ccccc4C[C@H]1C=N3)N=C[C@@H]1Cc3ccccc3CN1C2=O. The van der Waals surface area contributed by atoms with Gasteiger partial charge in [-0.1, -0.05) is 48.5 Å². The van der Waals surface area contributed by atoms with Gasteiger partial charge in [-0.05, 0) is 47.2 Å². The van der Waals surface area contributed by atoms with Gasteiger partial charge in [0.2, 0.25) is 0 Å². The fourth-order valence-corrected chi connectivity index (χ4v) is 7.39. The number of benzene rings is 4. The second-order valence-electron chi connectivity index (χ2n) is 13.1. The third-order valence-corrected chi connectivity index (χ3v) is 10.1. The average molecular weight is 688 g/mol. The highest BCUT2D eigenvalue weighted by Crippen LogP contribution is 2.42. The summed E-state index contributed by atoms with van der Waals surface area (Å²) in [6, 6.07) is 23.7. The summed E-state index contributed by atoms with van der Waals surface area (Å²) < 4.78 is 23.5. The predicted molar refractivity (Wildman–Crippen MR) is 194 cm³/mol. The highest BCUT2D eigenvalue weighted by Gasteiger charge is 2.35. The second-order valence-corrected chi connectivity index (χ2v) is 13.1. The number of hydrogen-bond donors (Lipinski definition) is 2. The number of fused-ring (bicyclic) bond motifs is 6. The maximum Gasteiger partial charge on any atom is 0.257 e. The van der Waals surface area contributed by atoms with Gasteiger partial charge in [0.05, 0.1) is 43.2 Å². The molecule has 4 heterocycles. The lowest BCUT2D eigenvalue weighted by Gasteiger charge is -2.37. The van der Waals surface area contributed by atoms with Gasteiger partial charge < -0.3 is 34.3 Å². The first-order valence-corrected chi connectivity index (χ1v) is 17.4. The van der Waals surface area contributed by atoms with Crippen LogP contribution in [0.2, 0.25) is 0 Å². The molecule has 4 aromatic rings. The Morgan fingerprint density at radius 1 is 0.725 bits per heavy atom. The van der Waals surface area contributed by atoms with Crippen LogP contribution in [0.1, 0.15) is 44.4 Å². The molecule has 1 unspecified atom stereocenters. The number of ether oxygens (including phenoxy) is 4. The van der Waals surface area contributed by atoms with E-state index in [4.69, 9.17) is 28.9 Å². The molecule has 11 heteroatoms. The molecule has 51 heavy (non-hydrogen) atoms. The van der Waals surface area contributed by atoms with Gasteiger partial charge in [-0.3, -0.25) is 19.7 Å². The van der Waals surface area contributed by atoms with Crippen molar-refractivity contribution in [3.63, 3.8) is 0 Å². The van der Waals surface area contributed by atoms with Gasteiger partial charge in [-0.2, -0.15) is 0 Å². The summed E-state index contributed by atoms with van der Waals surface area (Å²) >= 11 is 0. The van der Waals surface area contributed by atoms with Gasteiger partial charge >= 0.3 is 0 Å². The van der Waals surface area contributed by atoms with Gasteiger partial charge in [0, 0.05) is 56.3 Å². The molecule has 0 saturated heterocycles. The minimum Gasteiger partial charge on any atom is -0.493 e. The maximum atomic E-state index is 13.7. The number of carbonyl (C=O) groups excluding carboxylic acids is 1. The smallest absolute Gasteiger partial charge is 0.257 e. The van der Waals surface area contributed by atoms with Gasteiger partial charge in [-0.15, -0.1) is 0 Å². The van der Waals surface area contributed by atoms with Crippen molar-refractivity contribution in [1.29, 1.82) is 0 Å². The number of aliphatic hydroxyl groups is 1. The number of hydrogen-bond acceptors (Lipinski definition) is 10. The first kappa shape index (κ1) is 32.9. The van der Waals surface area contributed by atoms with Crippen LogP contribution in [-0.4, -0.2) is 85.8 Å². The van der Waals surface area contributed by atoms with Crippen molar-refractivity contribution in [2.24, 2.45) is 9.98 Å². The van der Waals surface area contributed by atoms with Crippen LogP contribution in [0.3, 0.4) is 0 Å². The summed E-state index contributed by atoms with van der Waals surface area (Å²) in [5, 5.41) is 14.8. The Bertz CT molecular complexity index is 2010. The topological polar surface area (TPSA) is 117 Å². The lowest BCUT2D eigenvalue weighted by atomic mass is 9.94. The molecule has 0 aromatic heterocycles. The Hall–Kier alpha value is -5.23. The number of nitrogens with one attached hydrogen (secondary N) is 1. The summed E-state index contributed by atoms with van der Waals surface area (Å²) in [5.74, 6) is 2.05. The molecule has 4 aliphatic rings. The van der Waals surface area contributed by atoms with E-state index in [1.807, 2.05) is 47.7 Å². The van der Waals surface area contributed by atoms with Crippen molar-refractivity contribution in [2.45, 2.75) is 44.2 Å². The van der Waals surface area contributed by atoms with Crippen LogP contribution in [0.15, 0.2) is 82.8 Å². The number of carbonyl (C=O) groups is 1. The summed E-state index contributed by atoms with van der Waals surface area (Å²) in [6.07, 6.45) is 4.50. The van der Waals surface area contributed by atoms with Gasteiger partial charge in [0.25, 0.3) is 5.91 Å². The van der Waals surface area contributed by atoms with Gasteiger partial charge in [0.15, 0.2) is 23.0 Å². The van der Waals surface area contributed by atoms with Crippen molar-refractivity contribution in [2.75, 3.05) is 40.5 Å². The summed E-state index contributed by atoms with van der Waals surface area (Å²) in [4.78, 5) is 27.1. The minimum absolute atomic E-state index is 0.00847.